The van der Waals surface area contributed by atoms with Crippen LogP contribution in [0.4, 0.5) is 4.39 Å². The summed E-state index contributed by atoms with van der Waals surface area (Å²) in [5, 5.41) is 5.79. The third-order valence-corrected chi connectivity index (χ3v) is 7.46. The quantitative estimate of drug-likeness (QED) is 0.454. The Kier molecular flexibility index (Phi) is 8.76. The van der Waals surface area contributed by atoms with Crippen LogP contribution < -0.4 is 11.0 Å². The van der Waals surface area contributed by atoms with Gasteiger partial charge in [0.15, 0.2) is 16.7 Å². The lowest BCUT2D eigenvalue weighted by Gasteiger charge is -2.38. The van der Waals surface area contributed by atoms with Gasteiger partial charge >= 0.3 is 5.97 Å². The number of carbonyl (C=O) groups is 3. The van der Waals surface area contributed by atoms with Gasteiger partial charge in [-0.3, -0.25) is 24.7 Å². The molecule has 2 atom stereocenters. The van der Waals surface area contributed by atoms with Gasteiger partial charge in [0.2, 0.25) is 0 Å². The number of ketones is 1. The Balaban J connectivity index is 1.51. The fraction of sp³-hybridized carbons (Fsp3) is 0.520. The van der Waals surface area contributed by atoms with E-state index in [9.17, 15) is 18.8 Å². The number of piperidine rings is 1. The number of carbonyl (C=O) groups excluding carboxylic acids is 3. The van der Waals surface area contributed by atoms with Crippen LogP contribution in [-0.2, 0) is 19.1 Å². The number of hydrazone groups is 1. The number of hydrazine groups is 2. The topological polar surface area (TPSA) is 103 Å². The lowest BCUT2D eigenvalue weighted by molar-refractivity contribution is -0.143. The molecule has 2 unspecified atom stereocenters. The third kappa shape index (κ3) is 6.71. The lowest BCUT2D eigenvalue weighted by atomic mass is 9.93. The Morgan fingerprint density at radius 2 is 2.06 bits per heavy atom. The maximum Gasteiger partial charge on any atom is 0.307 e. The number of amidine groups is 1. The summed E-state index contributed by atoms with van der Waals surface area (Å²) < 4.78 is 19.8. The normalized spacial score (nSPS) is 22.5. The molecule has 0 radical (unpaired) electrons. The van der Waals surface area contributed by atoms with Crippen LogP contribution >= 0.6 is 11.8 Å². The number of Topliss-reactive ketones (excluding diaryl/α,β-unsaturated/α-hetero) is 1. The van der Waals surface area contributed by atoms with Crippen LogP contribution in [0.5, 0.6) is 0 Å². The summed E-state index contributed by atoms with van der Waals surface area (Å²) in [6.07, 6.45) is 4.39. The predicted octanol–water partition coefficient (Wildman–Crippen LogP) is 2.72. The average Bonchev–Trinajstić information content (AvgIpc) is 3.60. The Hall–Kier alpha value is -2.76. The third-order valence-electron chi connectivity index (χ3n) is 6.31. The van der Waals surface area contributed by atoms with E-state index in [2.05, 4.69) is 16.1 Å². The SMILES string of the molecule is CCOC(=O)CCN1NN=C(C=C2CN(C(C(=O)C3CC3)c3ccccc3F)CCC2SC(C)=O)N1. The van der Waals surface area contributed by atoms with E-state index < -0.39 is 6.04 Å². The molecule has 1 aromatic carbocycles. The van der Waals surface area contributed by atoms with Crippen LogP contribution in [0, 0.1) is 11.7 Å². The zero-order chi connectivity index (χ0) is 25.7. The summed E-state index contributed by atoms with van der Waals surface area (Å²) in [5.74, 6) is -0.121. The minimum absolute atomic E-state index is 0.00886. The van der Waals surface area contributed by atoms with Gasteiger partial charge in [-0.2, -0.15) is 0 Å². The molecular formula is C25H32FN5O4S. The number of nitrogens with zero attached hydrogens (tertiary/aromatic N) is 3. The van der Waals surface area contributed by atoms with Gasteiger partial charge in [-0.05, 0) is 43.9 Å². The Morgan fingerprint density at radius 3 is 2.75 bits per heavy atom. The largest absolute Gasteiger partial charge is 0.466 e. The van der Waals surface area contributed by atoms with Crippen molar-refractivity contribution in [2.45, 2.75) is 50.8 Å². The number of hydrogen-bond acceptors (Lipinski definition) is 10. The molecule has 36 heavy (non-hydrogen) atoms. The predicted molar refractivity (Wildman–Crippen MR) is 135 cm³/mol. The highest BCUT2D eigenvalue weighted by Crippen LogP contribution is 2.40. The van der Waals surface area contributed by atoms with Crippen LogP contribution in [0.15, 0.2) is 41.0 Å². The highest BCUT2D eigenvalue weighted by atomic mass is 32.2. The van der Waals surface area contributed by atoms with Gasteiger partial charge in [0, 0.05) is 36.7 Å². The molecule has 2 heterocycles. The van der Waals surface area contributed by atoms with E-state index in [0.717, 1.165) is 18.4 Å². The zero-order valence-electron chi connectivity index (χ0n) is 20.5. The summed E-state index contributed by atoms with van der Waals surface area (Å²) in [5.41, 5.74) is 7.24. The van der Waals surface area contributed by atoms with Gasteiger partial charge in [0.1, 0.15) is 5.82 Å². The summed E-state index contributed by atoms with van der Waals surface area (Å²) in [7, 11) is 0. The van der Waals surface area contributed by atoms with E-state index in [0.29, 0.717) is 44.1 Å². The first-order valence-corrected chi connectivity index (χ1v) is 13.2. The molecule has 1 saturated heterocycles. The van der Waals surface area contributed by atoms with Crippen LogP contribution in [0.3, 0.4) is 0 Å². The molecule has 194 valence electrons. The number of thioether (sulfide) groups is 1. The van der Waals surface area contributed by atoms with Crippen molar-refractivity contribution < 1.29 is 23.5 Å². The Bertz CT molecular complexity index is 1060. The highest BCUT2D eigenvalue weighted by molar-refractivity contribution is 8.14. The van der Waals surface area contributed by atoms with Crippen molar-refractivity contribution in [3.63, 3.8) is 0 Å². The van der Waals surface area contributed by atoms with Crippen molar-refractivity contribution in [2.75, 3.05) is 26.2 Å². The van der Waals surface area contributed by atoms with Crippen LogP contribution in [-0.4, -0.2) is 64.2 Å². The molecule has 0 spiro atoms. The molecule has 1 saturated carbocycles. The molecule has 9 nitrogen and oxygen atoms in total. The van der Waals surface area contributed by atoms with Gasteiger partial charge < -0.3 is 4.74 Å². The number of hydrogen-bond donors (Lipinski definition) is 2. The first-order valence-electron chi connectivity index (χ1n) is 12.3. The van der Waals surface area contributed by atoms with Crippen molar-refractivity contribution in [1.82, 2.24) is 21.0 Å². The molecule has 4 rings (SSSR count). The van der Waals surface area contributed by atoms with Crippen LogP contribution in [0.2, 0.25) is 0 Å². The summed E-state index contributed by atoms with van der Waals surface area (Å²) in [4.78, 5) is 38.9. The Labute approximate surface area is 214 Å². The van der Waals surface area contributed by atoms with E-state index in [4.69, 9.17) is 4.74 Å². The number of nitrogens with one attached hydrogen (secondary N) is 2. The molecule has 2 fully saturated rings. The van der Waals surface area contributed by atoms with Crippen molar-refractivity contribution in [3.05, 3.63) is 47.3 Å². The molecule has 11 heteroatoms. The van der Waals surface area contributed by atoms with E-state index in [1.165, 1.54) is 24.8 Å². The molecule has 0 bridgehead atoms. The maximum atomic E-state index is 14.8. The number of esters is 1. The first kappa shape index (κ1) is 26.3. The molecule has 2 N–H and O–H groups in total. The highest BCUT2D eigenvalue weighted by Gasteiger charge is 2.41. The van der Waals surface area contributed by atoms with Crippen molar-refractivity contribution >= 4 is 34.5 Å². The monoisotopic (exact) mass is 517 g/mol. The second-order valence-electron chi connectivity index (χ2n) is 9.09. The van der Waals surface area contributed by atoms with Crippen molar-refractivity contribution in [3.8, 4) is 0 Å². The molecule has 3 aliphatic rings. The Morgan fingerprint density at radius 1 is 1.28 bits per heavy atom. The van der Waals surface area contributed by atoms with Gasteiger partial charge in [-0.1, -0.05) is 30.0 Å². The number of rotatable bonds is 10. The fourth-order valence-electron chi connectivity index (χ4n) is 4.48. The summed E-state index contributed by atoms with van der Waals surface area (Å²) >= 11 is 1.26. The number of halogens is 1. The smallest absolute Gasteiger partial charge is 0.307 e. The molecule has 1 aliphatic carbocycles. The standard InChI is InChI=1S/C25H32FN5O4S/c1-3-35-23(33)11-13-31-28-22(27-29-31)14-18-15-30(12-10-21(18)36-16(2)32)24(25(34)17-8-9-17)19-6-4-5-7-20(19)26/h4-7,14,17,21,24,29H,3,8-13,15H2,1-2H3,(H,27,28). The van der Waals surface area contributed by atoms with E-state index >= 15 is 0 Å². The van der Waals surface area contributed by atoms with Crippen LogP contribution in [0.1, 0.15) is 51.1 Å². The number of ether oxygens (including phenoxy) is 1. The van der Waals surface area contributed by atoms with Gasteiger partial charge in [-0.15, -0.1) is 10.2 Å². The van der Waals surface area contributed by atoms with E-state index in [-0.39, 0.29) is 40.3 Å². The lowest BCUT2D eigenvalue weighted by Crippen LogP contribution is -2.44. The minimum atomic E-state index is -0.664. The fourth-order valence-corrected chi connectivity index (χ4v) is 5.40. The number of benzene rings is 1. The second-order valence-corrected chi connectivity index (χ2v) is 10.5. The number of likely N-dealkylation sites (tertiary alicyclic amines) is 1. The molecular weight excluding hydrogens is 485 g/mol. The van der Waals surface area contributed by atoms with Gasteiger partial charge in [0.05, 0.1) is 25.6 Å². The van der Waals surface area contributed by atoms with Gasteiger partial charge in [-0.25, -0.2) is 9.93 Å². The zero-order valence-corrected chi connectivity index (χ0v) is 21.4. The maximum absolute atomic E-state index is 14.8. The van der Waals surface area contributed by atoms with E-state index in [1.807, 2.05) is 11.0 Å². The summed E-state index contributed by atoms with van der Waals surface area (Å²) in [6, 6.07) is 5.81. The van der Waals surface area contributed by atoms with Crippen LogP contribution in [0.25, 0.3) is 0 Å². The molecule has 1 aromatic rings. The van der Waals surface area contributed by atoms with Crippen molar-refractivity contribution in [1.29, 1.82) is 0 Å². The van der Waals surface area contributed by atoms with Gasteiger partial charge in [0.25, 0.3) is 0 Å². The molecule has 2 aliphatic heterocycles. The first-order chi connectivity index (χ1) is 17.4. The molecule has 0 amide bonds. The van der Waals surface area contributed by atoms with E-state index in [1.54, 1.807) is 30.2 Å². The minimum Gasteiger partial charge on any atom is -0.466 e. The molecule has 0 aromatic heterocycles. The average molecular weight is 518 g/mol. The summed E-state index contributed by atoms with van der Waals surface area (Å²) in [6.45, 7) is 4.96. The second kappa shape index (κ2) is 12.0. The van der Waals surface area contributed by atoms with Crippen molar-refractivity contribution in [2.24, 2.45) is 11.0 Å².